The fourth-order valence-corrected chi connectivity index (χ4v) is 3.92. The van der Waals surface area contributed by atoms with Crippen molar-refractivity contribution >= 4 is 12.1 Å². The first-order valence-corrected chi connectivity index (χ1v) is 8.19. The Kier molecular flexibility index (Phi) is 4.28. The summed E-state index contributed by atoms with van der Waals surface area (Å²) in [5, 5.41) is 2.81. The van der Waals surface area contributed by atoms with Gasteiger partial charge in [0.15, 0.2) is 0 Å². The average Bonchev–Trinajstić information content (AvgIpc) is 3.20. The summed E-state index contributed by atoms with van der Waals surface area (Å²) in [6.07, 6.45) is 5.41. The Morgan fingerprint density at radius 1 is 1.13 bits per heavy atom. The molecule has 2 fully saturated rings. The molecule has 2 saturated carbocycles. The van der Waals surface area contributed by atoms with E-state index >= 15 is 0 Å². The first-order chi connectivity index (χ1) is 11.1. The van der Waals surface area contributed by atoms with Crippen LogP contribution >= 0.6 is 0 Å². The maximum absolute atomic E-state index is 12.3. The summed E-state index contributed by atoms with van der Waals surface area (Å²) >= 11 is 0. The molecule has 23 heavy (non-hydrogen) atoms. The standard InChI is InChI=1S/C18H23NO4/c1-22-15(20)18(13-17(18)10-6-3-7-11-17)19-16(21)23-12-14-8-4-2-5-9-14/h2,4-5,8-9H,3,6-7,10-13H2,1H3,(H,19,21). The second-order valence-electron chi connectivity index (χ2n) is 6.60. The molecular formula is C18H23NO4. The van der Waals surface area contributed by atoms with Gasteiger partial charge in [0.1, 0.15) is 12.1 Å². The highest BCUT2D eigenvalue weighted by molar-refractivity contribution is 5.90. The maximum Gasteiger partial charge on any atom is 0.408 e. The van der Waals surface area contributed by atoms with Crippen LogP contribution in [0.3, 0.4) is 0 Å². The van der Waals surface area contributed by atoms with E-state index in [0.29, 0.717) is 6.42 Å². The molecule has 0 bridgehead atoms. The van der Waals surface area contributed by atoms with Crippen LogP contribution in [-0.2, 0) is 20.9 Å². The number of amides is 1. The Balaban J connectivity index is 1.63. The number of nitrogens with one attached hydrogen (secondary N) is 1. The minimum absolute atomic E-state index is 0.135. The van der Waals surface area contributed by atoms with Crippen molar-refractivity contribution in [3.63, 3.8) is 0 Å². The molecule has 2 aliphatic carbocycles. The summed E-state index contributed by atoms with van der Waals surface area (Å²) in [5.74, 6) is -0.351. The third kappa shape index (κ3) is 2.92. The van der Waals surface area contributed by atoms with Crippen molar-refractivity contribution in [3.05, 3.63) is 35.9 Å². The van der Waals surface area contributed by atoms with E-state index in [9.17, 15) is 9.59 Å². The second-order valence-corrected chi connectivity index (χ2v) is 6.60. The largest absolute Gasteiger partial charge is 0.467 e. The SMILES string of the molecule is COC(=O)C1(NC(=O)OCc2ccccc2)CC12CCCCC2. The van der Waals surface area contributed by atoms with Crippen LogP contribution in [0, 0.1) is 5.41 Å². The van der Waals surface area contributed by atoms with Crippen molar-refractivity contribution in [2.75, 3.05) is 7.11 Å². The van der Waals surface area contributed by atoms with E-state index in [2.05, 4.69) is 5.32 Å². The molecule has 3 rings (SSSR count). The molecule has 1 N–H and O–H groups in total. The summed E-state index contributed by atoms with van der Waals surface area (Å²) in [6.45, 7) is 0.191. The van der Waals surface area contributed by atoms with Gasteiger partial charge in [-0.2, -0.15) is 0 Å². The number of carbonyl (C=O) groups is 2. The lowest BCUT2D eigenvalue weighted by Gasteiger charge is -2.28. The highest BCUT2D eigenvalue weighted by atomic mass is 16.6. The van der Waals surface area contributed by atoms with Crippen LogP contribution < -0.4 is 5.32 Å². The minimum atomic E-state index is -0.893. The lowest BCUT2D eigenvalue weighted by atomic mass is 9.82. The molecule has 0 aromatic heterocycles. The number of hydrogen-bond donors (Lipinski definition) is 1. The van der Waals surface area contributed by atoms with Gasteiger partial charge in [-0.3, -0.25) is 0 Å². The van der Waals surface area contributed by atoms with Crippen LogP contribution in [0.2, 0.25) is 0 Å². The smallest absolute Gasteiger partial charge is 0.408 e. The first kappa shape index (κ1) is 15.8. The quantitative estimate of drug-likeness (QED) is 0.866. The Hall–Kier alpha value is -2.04. The van der Waals surface area contributed by atoms with Crippen molar-refractivity contribution in [2.24, 2.45) is 5.41 Å². The van der Waals surface area contributed by atoms with Crippen LogP contribution in [0.4, 0.5) is 4.79 Å². The topological polar surface area (TPSA) is 64.6 Å². The fourth-order valence-electron chi connectivity index (χ4n) is 3.92. The number of carbonyl (C=O) groups excluding carboxylic acids is 2. The van der Waals surface area contributed by atoms with Gasteiger partial charge in [-0.15, -0.1) is 0 Å². The van der Waals surface area contributed by atoms with Gasteiger partial charge in [-0.05, 0) is 24.8 Å². The zero-order chi connectivity index (χ0) is 16.3. The van der Waals surface area contributed by atoms with E-state index in [4.69, 9.17) is 9.47 Å². The van der Waals surface area contributed by atoms with Gasteiger partial charge in [0, 0.05) is 5.41 Å². The van der Waals surface area contributed by atoms with Gasteiger partial charge in [0.25, 0.3) is 0 Å². The molecule has 2 aliphatic rings. The third-order valence-corrected chi connectivity index (χ3v) is 5.26. The van der Waals surface area contributed by atoms with Crippen molar-refractivity contribution in [1.29, 1.82) is 0 Å². The Labute approximate surface area is 136 Å². The molecule has 5 nitrogen and oxygen atoms in total. The molecule has 124 valence electrons. The molecule has 5 heteroatoms. The summed E-state index contributed by atoms with van der Waals surface area (Å²) in [4.78, 5) is 24.5. The van der Waals surface area contributed by atoms with Crippen LogP contribution in [-0.4, -0.2) is 24.7 Å². The lowest BCUT2D eigenvalue weighted by Crippen LogP contribution is -2.49. The number of esters is 1. The van der Waals surface area contributed by atoms with Gasteiger partial charge in [0.05, 0.1) is 7.11 Å². The minimum Gasteiger partial charge on any atom is -0.467 e. The number of alkyl carbamates (subject to hydrolysis) is 1. The summed E-state index contributed by atoms with van der Waals surface area (Å²) < 4.78 is 10.2. The summed E-state index contributed by atoms with van der Waals surface area (Å²) in [5.41, 5.74) is -0.113. The lowest BCUT2D eigenvalue weighted by molar-refractivity contribution is -0.145. The first-order valence-electron chi connectivity index (χ1n) is 8.19. The van der Waals surface area contributed by atoms with E-state index in [1.807, 2.05) is 30.3 Å². The van der Waals surface area contributed by atoms with E-state index in [-0.39, 0.29) is 18.0 Å². The third-order valence-electron chi connectivity index (χ3n) is 5.26. The van der Waals surface area contributed by atoms with Crippen molar-refractivity contribution in [2.45, 2.75) is 50.7 Å². The Bertz CT molecular complexity index is 580. The van der Waals surface area contributed by atoms with Crippen molar-refractivity contribution < 1.29 is 19.1 Å². The molecule has 0 saturated heterocycles. The van der Waals surface area contributed by atoms with Gasteiger partial charge < -0.3 is 14.8 Å². The highest BCUT2D eigenvalue weighted by Gasteiger charge is 2.73. The number of rotatable bonds is 4. The molecule has 1 aromatic rings. The molecule has 0 aliphatic heterocycles. The van der Waals surface area contributed by atoms with Crippen LogP contribution in [0.5, 0.6) is 0 Å². The van der Waals surface area contributed by atoms with Crippen LogP contribution in [0.15, 0.2) is 30.3 Å². The molecular weight excluding hydrogens is 294 g/mol. The van der Waals surface area contributed by atoms with Gasteiger partial charge >= 0.3 is 12.1 Å². The number of methoxy groups -OCH3 is 1. The van der Waals surface area contributed by atoms with Gasteiger partial charge in [-0.25, -0.2) is 9.59 Å². The van der Waals surface area contributed by atoms with E-state index in [1.165, 1.54) is 13.5 Å². The molecule has 1 amide bonds. The van der Waals surface area contributed by atoms with E-state index < -0.39 is 11.6 Å². The molecule has 1 spiro atoms. The zero-order valence-corrected chi connectivity index (χ0v) is 13.5. The molecule has 1 unspecified atom stereocenters. The van der Waals surface area contributed by atoms with Gasteiger partial charge in [0.2, 0.25) is 0 Å². The molecule has 1 atom stereocenters. The average molecular weight is 317 g/mol. The van der Waals surface area contributed by atoms with Crippen LogP contribution in [0.25, 0.3) is 0 Å². The Morgan fingerprint density at radius 2 is 1.83 bits per heavy atom. The Morgan fingerprint density at radius 3 is 2.48 bits per heavy atom. The van der Waals surface area contributed by atoms with Crippen LogP contribution in [0.1, 0.15) is 44.1 Å². The number of ether oxygens (including phenoxy) is 2. The monoisotopic (exact) mass is 317 g/mol. The summed E-state index contributed by atoms with van der Waals surface area (Å²) in [6, 6.07) is 9.48. The fraction of sp³-hybridized carbons (Fsp3) is 0.556. The number of hydrogen-bond acceptors (Lipinski definition) is 4. The second kappa shape index (κ2) is 6.22. The molecule has 0 radical (unpaired) electrons. The highest BCUT2D eigenvalue weighted by Crippen LogP contribution is 2.64. The summed E-state index contributed by atoms with van der Waals surface area (Å²) in [7, 11) is 1.37. The zero-order valence-electron chi connectivity index (χ0n) is 13.5. The predicted molar refractivity (Wildman–Crippen MR) is 84.6 cm³/mol. The predicted octanol–water partition coefficient (Wildman–Crippen LogP) is 3.18. The van der Waals surface area contributed by atoms with E-state index in [0.717, 1.165) is 31.2 Å². The normalized spacial score (nSPS) is 24.7. The van der Waals surface area contributed by atoms with Gasteiger partial charge in [-0.1, -0.05) is 49.6 Å². The van der Waals surface area contributed by atoms with Crippen molar-refractivity contribution in [1.82, 2.24) is 5.32 Å². The molecule has 1 aromatic carbocycles. The molecule has 0 heterocycles. The number of benzene rings is 1. The van der Waals surface area contributed by atoms with Crippen molar-refractivity contribution in [3.8, 4) is 0 Å². The van der Waals surface area contributed by atoms with E-state index in [1.54, 1.807) is 0 Å². The maximum atomic E-state index is 12.3.